The molecule has 4 aromatic rings. The van der Waals surface area contributed by atoms with Gasteiger partial charge < -0.3 is 0 Å². The van der Waals surface area contributed by atoms with Crippen molar-refractivity contribution < 1.29 is 8.78 Å². The van der Waals surface area contributed by atoms with Gasteiger partial charge in [-0.05, 0) is 29.8 Å². The van der Waals surface area contributed by atoms with Crippen LogP contribution >= 0.6 is 0 Å². The summed E-state index contributed by atoms with van der Waals surface area (Å²) in [6.07, 6.45) is 0. The zero-order valence-electron chi connectivity index (χ0n) is 13.9. The molecule has 0 aliphatic carbocycles. The molecule has 0 saturated heterocycles. The van der Waals surface area contributed by atoms with Crippen molar-refractivity contribution in [3.63, 3.8) is 0 Å². The predicted octanol–water partition coefficient (Wildman–Crippen LogP) is 6.36. The highest BCUT2D eigenvalue weighted by molar-refractivity contribution is 5.71. The van der Waals surface area contributed by atoms with Crippen LogP contribution in [0.4, 0.5) is 8.78 Å². The molecule has 26 heavy (non-hydrogen) atoms. The quantitative estimate of drug-likeness (QED) is 0.422. The number of halogens is 2. The number of hydrogen-bond acceptors (Lipinski definition) is 1. The Morgan fingerprint density at radius 2 is 1.04 bits per heavy atom. The lowest BCUT2D eigenvalue weighted by Gasteiger charge is -2.09. The number of hydrogen-bond donors (Lipinski definition) is 0. The topological polar surface area (TPSA) is 12.9 Å². The summed E-state index contributed by atoms with van der Waals surface area (Å²) >= 11 is 0. The number of benzene rings is 3. The van der Waals surface area contributed by atoms with Gasteiger partial charge in [0.05, 0.1) is 11.4 Å². The van der Waals surface area contributed by atoms with Crippen LogP contribution in [0.2, 0.25) is 0 Å². The van der Waals surface area contributed by atoms with E-state index in [-0.39, 0.29) is 11.1 Å². The average Bonchev–Trinajstić information content (AvgIpc) is 2.71. The molecule has 1 aromatic heterocycles. The average molecular weight is 343 g/mol. The van der Waals surface area contributed by atoms with E-state index in [0.717, 1.165) is 11.3 Å². The van der Waals surface area contributed by atoms with Gasteiger partial charge in [0, 0.05) is 16.7 Å². The van der Waals surface area contributed by atoms with Gasteiger partial charge in [-0.15, -0.1) is 0 Å². The van der Waals surface area contributed by atoms with Crippen molar-refractivity contribution in [2.24, 2.45) is 0 Å². The molecule has 0 bridgehead atoms. The molecule has 1 nitrogen and oxygen atoms in total. The van der Waals surface area contributed by atoms with Crippen LogP contribution < -0.4 is 0 Å². The van der Waals surface area contributed by atoms with Crippen LogP contribution in [-0.4, -0.2) is 4.98 Å². The van der Waals surface area contributed by atoms with E-state index in [2.05, 4.69) is 4.98 Å². The van der Waals surface area contributed by atoms with Gasteiger partial charge in [-0.2, -0.15) is 0 Å². The summed E-state index contributed by atoms with van der Waals surface area (Å²) in [5.41, 5.74) is 3.08. The van der Waals surface area contributed by atoms with E-state index in [9.17, 15) is 8.78 Å². The Morgan fingerprint density at radius 1 is 0.500 bits per heavy atom. The van der Waals surface area contributed by atoms with Crippen molar-refractivity contribution in [2.75, 3.05) is 0 Å². The Bertz CT molecular complexity index is 1040. The smallest absolute Gasteiger partial charge is 0.133 e. The lowest BCUT2D eigenvalue weighted by atomic mass is 10.0. The first-order chi connectivity index (χ1) is 12.7. The molecule has 0 N–H and O–H groups in total. The Kier molecular flexibility index (Phi) is 4.28. The maximum absolute atomic E-state index is 14.7. The van der Waals surface area contributed by atoms with Crippen molar-refractivity contribution >= 4 is 0 Å². The summed E-state index contributed by atoms with van der Waals surface area (Å²) in [7, 11) is 0. The van der Waals surface area contributed by atoms with Crippen LogP contribution in [-0.2, 0) is 0 Å². The molecule has 0 atom stereocenters. The van der Waals surface area contributed by atoms with Gasteiger partial charge in [0.2, 0.25) is 0 Å². The molecular weight excluding hydrogens is 328 g/mol. The van der Waals surface area contributed by atoms with Crippen LogP contribution in [0.25, 0.3) is 33.6 Å². The van der Waals surface area contributed by atoms with Crippen molar-refractivity contribution in [1.29, 1.82) is 0 Å². The minimum Gasteiger partial charge on any atom is -0.248 e. The van der Waals surface area contributed by atoms with E-state index in [1.807, 2.05) is 42.5 Å². The van der Waals surface area contributed by atoms with Crippen LogP contribution in [0, 0.1) is 11.6 Å². The first kappa shape index (κ1) is 16.2. The van der Waals surface area contributed by atoms with Crippen molar-refractivity contribution in [2.45, 2.75) is 0 Å². The van der Waals surface area contributed by atoms with E-state index in [1.165, 1.54) is 12.1 Å². The highest BCUT2D eigenvalue weighted by atomic mass is 19.1. The second-order valence-electron chi connectivity index (χ2n) is 5.95. The molecule has 3 heteroatoms. The van der Waals surface area contributed by atoms with Gasteiger partial charge >= 0.3 is 0 Å². The summed E-state index contributed by atoms with van der Waals surface area (Å²) < 4.78 is 29.4. The molecule has 0 saturated carbocycles. The van der Waals surface area contributed by atoms with Crippen LogP contribution in [0.1, 0.15) is 0 Å². The largest absolute Gasteiger partial charge is 0.248 e. The minimum absolute atomic E-state index is 0.153. The van der Waals surface area contributed by atoms with Crippen LogP contribution in [0.15, 0.2) is 91.0 Å². The number of rotatable bonds is 3. The Hall–Kier alpha value is -3.33. The second-order valence-corrected chi connectivity index (χ2v) is 5.95. The fourth-order valence-electron chi connectivity index (χ4n) is 2.94. The molecule has 1 heterocycles. The zero-order chi connectivity index (χ0) is 17.9. The van der Waals surface area contributed by atoms with E-state index in [1.54, 1.807) is 36.4 Å². The molecule has 4 rings (SSSR count). The fourth-order valence-corrected chi connectivity index (χ4v) is 2.94. The number of pyridine rings is 1. The Morgan fingerprint density at radius 3 is 1.73 bits per heavy atom. The maximum atomic E-state index is 14.7. The third-order valence-corrected chi connectivity index (χ3v) is 4.24. The SMILES string of the molecule is Fc1cc(-c2cccc(-c3ccccc3)n2)c(F)cc1-c1ccccc1. The van der Waals surface area contributed by atoms with Gasteiger partial charge in [0.15, 0.2) is 0 Å². The monoisotopic (exact) mass is 343 g/mol. The molecule has 0 radical (unpaired) electrons. The van der Waals surface area contributed by atoms with E-state index in [4.69, 9.17) is 0 Å². The number of aromatic nitrogens is 1. The predicted molar refractivity (Wildman–Crippen MR) is 100 cm³/mol. The molecule has 0 aliphatic rings. The lowest BCUT2D eigenvalue weighted by Crippen LogP contribution is -1.94. The van der Waals surface area contributed by atoms with E-state index >= 15 is 0 Å². The van der Waals surface area contributed by atoms with Crippen LogP contribution in [0.3, 0.4) is 0 Å². The lowest BCUT2D eigenvalue weighted by molar-refractivity contribution is 0.605. The third-order valence-electron chi connectivity index (χ3n) is 4.24. The zero-order valence-corrected chi connectivity index (χ0v) is 13.9. The molecule has 0 fully saturated rings. The molecule has 3 aromatic carbocycles. The maximum Gasteiger partial charge on any atom is 0.133 e. The molecule has 0 amide bonds. The van der Waals surface area contributed by atoms with E-state index < -0.39 is 11.6 Å². The van der Waals surface area contributed by atoms with Gasteiger partial charge in [0.1, 0.15) is 11.6 Å². The van der Waals surface area contributed by atoms with Crippen molar-refractivity contribution in [3.05, 3.63) is 103 Å². The molecule has 0 aliphatic heterocycles. The standard InChI is InChI=1S/C23H15F2N/c24-20-15-19(21(25)14-18(20)16-8-3-1-4-9-16)23-13-7-12-22(26-23)17-10-5-2-6-11-17/h1-15H. The van der Waals surface area contributed by atoms with Gasteiger partial charge in [0.25, 0.3) is 0 Å². The van der Waals surface area contributed by atoms with E-state index in [0.29, 0.717) is 11.3 Å². The summed E-state index contributed by atoms with van der Waals surface area (Å²) in [6, 6.07) is 26.3. The van der Waals surface area contributed by atoms with Crippen molar-refractivity contribution in [1.82, 2.24) is 4.98 Å². The van der Waals surface area contributed by atoms with Crippen molar-refractivity contribution in [3.8, 4) is 33.6 Å². The summed E-state index contributed by atoms with van der Waals surface area (Å²) in [6.45, 7) is 0. The first-order valence-electron chi connectivity index (χ1n) is 8.30. The first-order valence-corrected chi connectivity index (χ1v) is 8.30. The Labute approximate surface area is 150 Å². The normalized spacial score (nSPS) is 10.7. The molecule has 0 spiro atoms. The summed E-state index contributed by atoms with van der Waals surface area (Å²) in [5, 5.41) is 0. The third kappa shape index (κ3) is 3.11. The van der Waals surface area contributed by atoms with Gasteiger partial charge in [-0.25, -0.2) is 13.8 Å². The van der Waals surface area contributed by atoms with Crippen LogP contribution in [0.5, 0.6) is 0 Å². The van der Waals surface area contributed by atoms with Gasteiger partial charge in [-0.3, -0.25) is 0 Å². The Balaban J connectivity index is 1.79. The second kappa shape index (κ2) is 6.89. The highest BCUT2D eigenvalue weighted by Gasteiger charge is 2.14. The molecule has 126 valence electrons. The minimum atomic E-state index is -0.497. The summed E-state index contributed by atoms with van der Waals surface area (Å²) in [4.78, 5) is 4.51. The molecule has 0 unspecified atom stereocenters. The number of nitrogens with zero attached hydrogens (tertiary/aromatic N) is 1. The van der Waals surface area contributed by atoms with Gasteiger partial charge in [-0.1, -0.05) is 66.7 Å². The molecular formula is C23H15F2N. The fraction of sp³-hybridized carbons (Fsp3) is 0. The summed E-state index contributed by atoms with van der Waals surface area (Å²) in [5.74, 6) is -0.970. The highest BCUT2D eigenvalue weighted by Crippen LogP contribution is 2.31.